The third-order valence-electron chi connectivity index (χ3n) is 4.65. The summed E-state index contributed by atoms with van der Waals surface area (Å²) in [5.41, 5.74) is 8.36. The fourth-order valence-corrected chi connectivity index (χ4v) is 3.09. The number of hydrogen-bond donors (Lipinski definition) is 0. The Morgan fingerprint density at radius 3 is 1.87 bits per heavy atom. The second-order valence-corrected chi connectivity index (χ2v) is 9.05. The summed E-state index contributed by atoms with van der Waals surface area (Å²) in [5.74, 6) is 0.525. The summed E-state index contributed by atoms with van der Waals surface area (Å²) in [7, 11) is 0.500. The molecular formula is C30H47F. The number of halogens is 1. The molecule has 0 radical (unpaired) electrons. The van der Waals surface area contributed by atoms with Crippen LogP contribution in [0.4, 0.5) is 4.39 Å². The molecule has 0 aliphatic heterocycles. The third kappa shape index (κ3) is 13.7. The number of hydrogen-bond acceptors (Lipinski definition) is 0. The van der Waals surface area contributed by atoms with Crippen LogP contribution in [0, 0.1) is 25.2 Å². The molecule has 0 amide bonds. The molecule has 0 spiro atoms. The predicted octanol–water partition coefficient (Wildman–Crippen LogP) is 9.81. The van der Waals surface area contributed by atoms with E-state index in [-0.39, 0.29) is 0 Å². The molecule has 0 bridgehead atoms. The second kappa shape index (κ2) is 16.5. The van der Waals surface area contributed by atoms with Crippen LogP contribution in [-0.2, 0) is 6.42 Å². The Kier molecular flexibility index (Phi) is 16.6. The fraction of sp³-hybridized carbons (Fsp3) is 0.467. The van der Waals surface area contributed by atoms with E-state index in [2.05, 4.69) is 117 Å². The van der Waals surface area contributed by atoms with Crippen molar-refractivity contribution in [1.29, 1.82) is 0 Å². The molecule has 0 aliphatic rings. The SMILES string of the molecule is C=C(C)/C(=C/c1cccc(C)c1C)C(C)C.CC.CC(C)(C)Cc1ccccc1.CF. The van der Waals surface area contributed by atoms with Crippen LogP contribution >= 0.6 is 0 Å². The maximum absolute atomic E-state index is 9.50. The average Bonchev–Trinajstić information content (AvgIpc) is 2.71. The van der Waals surface area contributed by atoms with Crippen molar-refractivity contribution in [3.8, 4) is 0 Å². The standard InChI is InChI=1S/C16H22.C11H16.C2H6.CH3F/c1-11(2)16(12(3)4)10-15-9-7-8-13(5)14(15)6;1-11(2,3)9-10-7-5-4-6-8-10;2*1-2/h7-10,12H,1H2,2-6H3;4-8H,9H2,1-3H3;1-2H3;1H3/b16-10-;;;. The molecule has 0 nitrogen and oxygen atoms in total. The first-order valence-corrected chi connectivity index (χ1v) is 11.4. The number of alkyl halides is 1. The quantitative estimate of drug-likeness (QED) is 0.427. The lowest BCUT2D eigenvalue weighted by Crippen LogP contribution is -2.08. The first-order chi connectivity index (χ1) is 14.5. The molecule has 2 aromatic carbocycles. The molecule has 1 heteroatoms. The normalized spacial score (nSPS) is 10.7. The van der Waals surface area contributed by atoms with E-state index in [0.29, 0.717) is 18.5 Å². The van der Waals surface area contributed by atoms with Crippen molar-refractivity contribution in [2.45, 2.75) is 75.7 Å². The zero-order valence-corrected chi connectivity index (χ0v) is 22.1. The molecule has 0 saturated carbocycles. The van der Waals surface area contributed by atoms with Crippen LogP contribution in [0.25, 0.3) is 6.08 Å². The van der Waals surface area contributed by atoms with E-state index < -0.39 is 0 Å². The van der Waals surface area contributed by atoms with Gasteiger partial charge in [0.2, 0.25) is 0 Å². The van der Waals surface area contributed by atoms with E-state index in [0.717, 1.165) is 12.0 Å². The highest BCUT2D eigenvalue weighted by molar-refractivity contribution is 5.62. The van der Waals surface area contributed by atoms with E-state index in [4.69, 9.17) is 0 Å². The maximum atomic E-state index is 9.50. The van der Waals surface area contributed by atoms with E-state index in [9.17, 15) is 4.39 Å². The Morgan fingerprint density at radius 2 is 1.45 bits per heavy atom. The van der Waals surface area contributed by atoms with Crippen LogP contribution < -0.4 is 0 Å². The number of rotatable bonds is 4. The van der Waals surface area contributed by atoms with Gasteiger partial charge < -0.3 is 0 Å². The molecule has 174 valence electrons. The van der Waals surface area contributed by atoms with E-state index >= 15 is 0 Å². The van der Waals surface area contributed by atoms with Crippen molar-refractivity contribution in [2.75, 3.05) is 7.18 Å². The Bertz CT molecular complexity index is 759. The van der Waals surface area contributed by atoms with Crippen LogP contribution in [0.2, 0.25) is 0 Å². The van der Waals surface area contributed by atoms with Crippen molar-refractivity contribution in [3.05, 3.63) is 88.5 Å². The van der Waals surface area contributed by atoms with Crippen molar-refractivity contribution >= 4 is 6.08 Å². The zero-order chi connectivity index (χ0) is 24.6. The molecule has 0 atom stereocenters. The third-order valence-corrected chi connectivity index (χ3v) is 4.65. The van der Waals surface area contributed by atoms with Gasteiger partial charge in [-0.05, 0) is 66.4 Å². The van der Waals surface area contributed by atoms with Gasteiger partial charge in [-0.25, -0.2) is 0 Å². The molecule has 0 fully saturated rings. The second-order valence-electron chi connectivity index (χ2n) is 9.05. The van der Waals surface area contributed by atoms with Crippen molar-refractivity contribution < 1.29 is 4.39 Å². The van der Waals surface area contributed by atoms with E-state index in [1.807, 2.05) is 13.8 Å². The summed E-state index contributed by atoms with van der Waals surface area (Å²) < 4.78 is 9.50. The summed E-state index contributed by atoms with van der Waals surface area (Å²) in [4.78, 5) is 0. The molecule has 0 heterocycles. The Morgan fingerprint density at radius 1 is 0.935 bits per heavy atom. The van der Waals surface area contributed by atoms with Gasteiger partial charge in [-0.15, -0.1) is 0 Å². The minimum Gasteiger partial charge on any atom is -0.255 e. The van der Waals surface area contributed by atoms with Gasteiger partial charge in [0.15, 0.2) is 0 Å². The molecule has 2 rings (SSSR count). The first-order valence-electron chi connectivity index (χ1n) is 11.4. The lowest BCUT2D eigenvalue weighted by molar-refractivity contribution is 0.411. The van der Waals surface area contributed by atoms with Gasteiger partial charge in [-0.3, -0.25) is 4.39 Å². The average molecular weight is 427 g/mol. The Hall–Kier alpha value is -2.15. The summed E-state index contributed by atoms with van der Waals surface area (Å²) >= 11 is 0. The largest absolute Gasteiger partial charge is 0.255 e. The Labute approximate surface area is 193 Å². The minimum absolute atomic E-state index is 0.404. The van der Waals surface area contributed by atoms with Gasteiger partial charge in [0.1, 0.15) is 0 Å². The highest BCUT2D eigenvalue weighted by Gasteiger charge is 2.10. The molecule has 0 unspecified atom stereocenters. The monoisotopic (exact) mass is 426 g/mol. The lowest BCUT2D eigenvalue weighted by atomic mass is 9.88. The van der Waals surface area contributed by atoms with Crippen molar-refractivity contribution in [1.82, 2.24) is 0 Å². The van der Waals surface area contributed by atoms with Crippen LogP contribution in [0.5, 0.6) is 0 Å². The van der Waals surface area contributed by atoms with Gasteiger partial charge in [0, 0.05) is 0 Å². The molecule has 31 heavy (non-hydrogen) atoms. The van der Waals surface area contributed by atoms with Gasteiger partial charge in [-0.2, -0.15) is 0 Å². The molecular weight excluding hydrogens is 379 g/mol. The molecule has 0 saturated heterocycles. The lowest BCUT2D eigenvalue weighted by Gasteiger charge is -2.17. The van der Waals surface area contributed by atoms with Crippen LogP contribution in [0.3, 0.4) is 0 Å². The minimum atomic E-state index is 0.404. The molecule has 0 aliphatic carbocycles. The number of allylic oxidation sites excluding steroid dienone is 2. The zero-order valence-electron chi connectivity index (χ0n) is 22.1. The van der Waals surface area contributed by atoms with Gasteiger partial charge in [0.05, 0.1) is 7.18 Å². The molecule has 0 N–H and O–H groups in total. The highest BCUT2D eigenvalue weighted by atomic mass is 19.1. The summed E-state index contributed by atoms with van der Waals surface area (Å²) in [6.45, 7) is 25.7. The van der Waals surface area contributed by atoms with Crippen molar-refractivity contribution in [3.63, 3.8) is 0 Å². The summed E-state index contributed by atoms with van der Waals surface area (Å²) in [5, 5.41) is 0. The summed E-state index contributed by atoms with van der Waals surface area (Å²) in [6, 6.07) is 17.1. The Balaban J connectivity index is 0. The van der Waals surface area contributed by atoms with E-state index in [1.54, 1.807) is 0 Å². The molecule has 2 aromatic rings. The van der Waals surface area contributed by atoms with Crippen LogP contribution in [0.1, 0.15) is 77.6 Å². The van der Waals surface area contributed by atoms with Crippen molar-refractivity contribution in [2.24, 2.45) is 11.3 Å². The number of benzene rings is 2. The highest BCUT2D eigenvalue weighted by Crippen LogP contribution is 2.23. The number of aryl methyl sites for hydroxylation is 1. The predicted molar refractivity (Wildman–Crippen MR) is 142 cm³/mol. The smallest absolute Gasteiger partial charge is 0.0785 e. The van der Waals surface area contributed by atoms with Crippen LogP contribution in [0.15, 0.2) is 66.3 Å². The van der Waals surface area contributed by atoms with E-state index in [1.165, 1.54) is 27.8 Å². The first kappa shape index (κ1) is 31.0. The van der Waals surface area contributed by atoms with Gasteiger partial charge in [0.25, 0.3) is 0 Å². The van der Waals surface area contributed by atoms with Gasteiger partial charge >= 0.3 is 0 Å². The van der Waals surface area contributed by atoms with Gasteiger partial charge in [-0.1, -0.05) is 115 Å². The fourth-order valence-electron chi connectivity index (χ4n) is 3.09. The van der Waals surface area contributed by atoms with Crippen LogP contribution in [-0.4, -0.2) is 7.18 Å². The maximum Gasteiger partial charge on any atom is 0.0785 e. The topological polar surface area (TPSA) is 0 Å². The summed E-state index contributed by atoms with van der Waals surface area (Å²) in [6.07, 6.45) is 3.43. The molecule has 0 aromatic heterocycles.